The van der Waals surface area contributed by atoms with E-state index in [0.717, 1.165) is 43.3 Å². The van der Waals surface area contributed by atoms with E-state index < -0.39 is 0 Å². The summed E-state index contributed by atoms with van der Waals surface area (Å²) in [5, 5.41) is 4.74. The third-order valence-electron chi connectivity index (χ3n) is 5.37. The number of hydrogen-bond donors (Lipinski definition) is 0. The van der Waals surface area contributed by atoms with Crippen molar-refractivity contribution in [1.29, 1.82) is 0 Å². The fourth-order valence-corrected chi connectivity index (χ4v) is 3.66. The first kappa shape index (κ1) is 21.5. The Balaban J connectivity index is 1.22. The zero-order valence-electron chi connectivity index (χ0n) is 17.8. The summed E-state index contributed by atoms with van der Waals surface area (Å²) in [6, 6.07) is 11.2. The molecule has 1 saturated heterocycles. The summed E-state index contributed by atoms with van der Waals surface area (Å²) in [6.45, 7) is 6.71. The van der Waals surface area contributed by atoms with Gasteiger partial charge < -0.3 is 13.8 Å². The minimum absolute atomic E-state index is 0.0898. The lowest BCUT2D eigenvalue weighted by molar-refractivity contribution is -0.132. The van der Waals surface area contributed by atoms with Gasteiger partial charge in [-0.3, -0.25) is 14.6 Å². The average Bonchev–Trinajstić information content (AvgIpc) is 3.39. The predicted octanol–water partition coefficient (Wildman–Crippen LogP) is 3.07. The van der Waals surface area contributed by atoms with Gasteiger partial charge in [0, 0.05) is 43.8 Å². The molecule has 3 heterocycles. The molecule has 0 aliphatic carbocycles. The molecule has 0 unspecified atom stereocenters. The molecule has 0 saturated carbocycles. The molecule has 1 amide bonds. The molecular formula is C22H26ClN5O3. The molecule has 0 radical (unpaired) electrons. The number of piperazine rings is 1. The number of hydrogen-bond acceptors (Lipinski definition) is 7. The SMILES string of the molecule is Cc1ccc(CN(C)C(=O)CN2CCN(Cc3nc(-c4ccc(Cl)cc4)no3)CC2)o1. The van der Waals surface area contributed by atoms with Crippen molar-refractivity contribution in [3.05, 3.63) is 58.8 Å². The molecule has 31 heavy (non-hydrogen) atoms. The first-order valence-corrected chi connectivity index (χ1v) is 10.7. The molecule has 4 rings (SSSR count). The average molecular weight is 444 g/mol. The number of likely N-dealkylation sites (N-methyl/N-ethyl adjacent to an activating group) is 1. The molecule has 1 aliphatic heterocycles. The Hall–Kier alpha value is -2.68. The van der Waals surface area contributed by atoms with Gasteiger partial charge in [0.1, 0.15) is 11.5 Å². The van der Waals surface area contributed by atoms with Crippen molar-refractivity contribution in [2.75, 3.05) is 39.8 Å². The van der Waals surface area contributed by atoms with E-state index >= 15 is 0 Å². The van der Waals surface area contributed by atoms with Crippen LogP contribution in [0.1, 0.15) is 17.4 Å². The number of aromatic nitrogens is 2. The molecule has 8 nitrogen and oxygen atoms in total. The van der Waals surface area contributed by atoms with Crippen molar-refractivity contribution in [1.82, 2.24) is 24.8 Å². The van der Waals surface area contributed by atoms with Crippen molar-refractivity contribution in [2.24, 2.45) is 0 Å². The second kappa shape index (κ2) is 9.64. The third-order valence-corrected chi connectivity index (χ3v) is 5.62. The zero-order valence-corrected chi connectivity index (χ0v) is 18.5. The lowest BCUT2D eigenvalue weighted by Crippen LogP contribution is -2.49. The highest BCUT2D eigenvalue weighted by molar-refractivity contribution is 6.30. The van der Waals surface area contributed by atoms with Crippen LogP contribution >= 0.6 is 11.6 Å². The van der Waals surface area contributed by atoms with E-state index in [-0.39, 0.29) is 5.91 Å². The van der Waals surface area contributed by atoms with Gasteiger partial charge in [-0.25, -0.2) is 0 Å². The number of nitrogens with zero attached hydrogens (tertiary/aromatic N) is 5. The maximum Gasteiger partial charge on any atom is 0.241 e. The Morgan fingerprint density at radius 3 is 2.48 bits per heavy atom. The normalized spacial score (nSPS) is 15.3. The maximum absolute atomic E-state index is 12.5. The van der Waals surface area contributed by atoms with Gasteiger partial charge in [0.05, 0.1) is 19.6 Å². The van der Waals surface area contributed by atoms with E-state index in [4.69, 9.17) is 20.5 Å². The van der Waals surface area contributed by atoms with Crippen molar-refractivity contribution >= 4 is 17.5 Å². The summed E-state index contributed by atoms with van der Waals surface area (Å²) < 4.78 is 11.0. The molecule has 0 atom stereocenters. The highest BCUT2D eigenvalue weighted by atomic mass is 35.5. The van der Waals surface area contributed by atoms with Crippen LogP contribution in [0.25, 0.3) is 11.4 Å². The van der Waals surface area contributed by atoms with Crippen molar-refractivity contribution < 1.29 is 13.7 Å². The summed E-state index contributed by atoms with van der Waals surface area (Å²) in [6.07, 6.45) is 0. The van der Waals surface area contributed by atoms with Crippen molar-refractivity contribution in [3.8, 4) is 11.4 Å². The van der Waals surface area contributed by atoms with E-state index in [9.17, 15) is 4.79 Å². The fraction of sp³-hybridized carbons (Fsp3) is 0.409. The lowest BCUT2D eigenvalue weighted by atomic mass is 10.2. The van der Waals surface area contributed by atoms with E-state index in [1.807, 2.05) is 38.2 Å². The smallest absolute Gasteiger partial charge is 0.241 e. The van der Waals surface area contributed by atoms with Crippen molar-refractivity contribution in [2.45, 2.75) is 20.0 Å². The van der Waals surface area contributed by atoms with Crippen LogP contribution in [0.15, 0.2) is 45.3 Å². The molecule has 2 aromatic heterocycles. The minimum Gasteiger partial charge on any atom is -0.464 e. The number of furan rings is 1. The summed E-state index contributed by atoms with van der Waals surface area (Å²) >= 11 is 5.93. The van der Waals surface area contributed by atoms with E-state index in [2.05, 4.69) is 19.9 Å². The van der Waals surface area contributed by atoms with Crippen LogP contribution in [0.2, 0.25) is 5.02 Å². The number of halogens is 1. The molecule has 1 aromatic carbocycles. The molecule has 164 valence electrons. The largest absolute Gasteiger partial charge is 0.464 e. The van der Waals surface area contributed by atoms with Gasteiger partial charge in [0.25, 0.3) is 0 Å². The minimum atomic E-state index is 0.0898. The monoisotopic (exact) mass is 443 g/mol. The van der Waals surface area contributed by atoms with Gasteiger partial charge in [-0.05, 0) is 43.3 Å². The molecule has 0 spiro atoms. The molecule has 9 heteroatoms. The predicted molar refractivity (Wildman–Crippen MR) is 116 cm³/mol. The second-order valence-corrected chi connectivity index (χ2v) is 8.27. The summed E-state index contributed by atoms with van der Waals surface area (Å²) in [4.78, 5) is 23.2. The van der Waals surface area contributed by atoms with Gasteiger partial charge in [-0.2, -0.15) is 4.98 Å². The van der Waals surface area contributed by atoms with Crippen LogP contribution in [-0.4, -0.2) is 70.5 Å². The molecule has 3 aromatic rings. The van der Waals surface area contributed by atoms with E-state index in [0.29, 0.717) is 36.4 Å². The third kappa shape index (κ3) is 5.72. The number of aryl methyl sites for hydroxylation is 1. The Kier molecular flexibility index (Phi) is 6.70. The van der Waals surface area contributed by atoms with Gasteiger partial charge in [-0.15, -0.1) is 0 Å². The first-order valence-electron chi connectivity index (χ1n) is 10.3. The first-order chi connectivity index (χ1) is 15.0. The van der Waals surface area contributed by atoms with Gasteiger partial charge >= 0.3 is 0 Å². The fourth-order valence-electron chi connectivity index (χ4n) is 3.54. The van der Waals surface area contributed by atoms with E-state index in [1.54, 1.807) is 17.0 Å². The zero-order chi connectivity index (χ0) is 21.8. The molecular weight excluding hydrogens is 418 g/mol. The topological polar surface area (TPSA) is 78.9 Å². The van der Waals surface area contributed by atoms with Gasteiger partial charge in [0.15, 0.2) is 0 Å². The van der Waals surface area contributed by atoms with Gasteiger partial charge in [-0.1, -0.05) is 16.8 Å². The van der Waals surface area contributed by atoms with Crippen LogP contribution in [0.5, 0.6) is 0 Å². The Morgan fingerprint density at radius 1 is 1.10 bits per heavy atom. The van der Waals surface area contributed by atoms with E-state index in [1.165, 1.54) is 0 Å². The summed E-state index contributed by atoms with van der Waals surface area (Å²) in [5.41, 5.74) is 0.872. The Labute approximate surface area is 186 Å². The lowest BCUT2D eigenvalue weighted by Gasteiger charge is -2.34. The van der Waals surface area contributed by atoms with Crippen LogP contribution in [0, 0.1) is 6.92 Å². The number of rotatable bonds is 7. The number of carbonyl (C=O) groups is 1. The second-order valence-electron chi connectivity index (χ2n) is 7.83. The highest BCUT2D eigenvalue weighted by Crippen LogP contribution is 2.19. The maximum atomic E-state index is 12.5. The summed E-state index contributed by atoms with van der Waals surface area (Å²) in [5.74, 6) is 2.89. The quantitative estimate of drug-likeness (QED) is 0.555. The Morgan fingerprint density at radius 2 is 1.81 bits per heavy atom. The van der Waals surface area contributed by atoms with Gasteiger partial charge in [0.2, 0.25) is 17.6 Å². The van der Waals surface area contributed by atoms with Crippen LogP contribution in [0.4, 0.5) is 0 Å². The number of amides is 1. The Bertz CT molecular complexity index is 1010. The van der Waals surface area contributed by atoms with Crippen LogP contribution in [0.3, 0.4) is 0 Å². The molecule has 1 aliphatic rings. The summed E-state index contributed by atoms with van der Waals surface area (Å²) in [7, 11) is 1.81. The molecule has 1 fully saturated rings. The van der Waals surface area contributed by atoms with Crippen LogP contribution < -0.4 is 0 Å². The number of carbonyl (C=O) groups excluding carboxylic acids is 1. The number of benzene rings is 1. The molecule has 0 bridgehead atoms. The highest BCUT2D eigenvalue weighted by Gasteiger charge is 2.22. The molecule has 0 N–H and O–H groups in total. The van der Waals surface area contributed by atoms with Crippen LogP contribution in [-0.2, 0) is 17.9 Å². The standard InChI is InChI=1S/C22H26ClN5O3/c1-16-3-8-19(30-16)13-26(2)21(29)15-28-11-9-27(10-12-28)14-20-24-22(25-31-20)17-4-6-18(23)7-5-17/h3-8H,9-15H2,1-2H3. The van der Waals surface area contributed by atoms with Crippen molar-refractivity contribution in [3.63, 3.8) is 0 Å².